The van der Waals surface area contributed by atoms with Crippen molar-refractivity contribution in [2.24, 2.45) is 0 Å². The van der Waals surface area contributed by atoms with Crippen LogP contribution in [0.15, 0.2) is 65.1 Å². The summed E-state index contributed by atoms with van der Waals surface area (Å²) in [7, 11) is 0. The van der Waals surface area contributed by atoms with Crippen molar-refractivity contribution in [3.05, 3.63) is 77.3 Å². The standard InChI is InChI=1S/C18H13ClFN3O2S/c19-12-6-2-4-8-14(12)21-18(26)23-22-17(24)16-10-9-15(25-16)11-5-1-3-7-13(11)20/h1-10H,(H,22,24)(H2,21,23,26). The molecule has 0 saturated carbocycles. The van der Waals surface area contributed by atoms with E-state index in [4.69, 9.17) is 28.2 Å². The lowest BCUT2D eigenvalue weighted by Crippen LogP contribution is -2.43. The molecule has 0 atom stereocenters. The highest BCUT2D eigenvalue weighted by atomic mass is 35.5. The van der Waals surface area contributed by atoms with Gasteiger partial charge in [0.1, 0.15) is 11.6 Å². The van der Waals surface area contributed by atoms with Gasteiger partial charge in [0.2, 0.25) is 0 Å². The van der Waals surface area contributed by atoms with Crippen LogP contribution in [0.5, 0.6) is 0 Å². The number of thiocarbonyl (C=S) groups is 1. The number of rotatable bonds is 3. The molecule has 0 spiro atoms. The second-order valence-corrected chi connectivity index (χ2v) is 5.97. The summed E-state index contributed by atoms with van der Waals surface area (Å²) in [6.45, 7) is 0. The van der Waals surface area contributed by atoms with Gasteiger partial charge in [-0.05, 0) is 48.6 Å². The highest BCUT2D eigenvalue weighted by Gasteiger charge is 2.14. The number of carbonyl (C=O) groups excluding carboxylic acids is 1. The number of halogens is 2. The zero-order valence-electron chi connectivity index (χ0n) is 13.3. The number of benzene rings is 2. The van der Waals surface area contributed by atoms with E-state index in [2.05, 4.69) is 16.2 Å². The molecule has 2 aromatic carbocycles. The molecule has 0 saturated heterocycles. The molecule has 0 aliphatic heterocycles. The van der Waals surface area contributed by atoms with Gasteiger partial charge in [-0.25, -0.2) is 4.39 Å². The first-order valence-corrected chi connectivity index (χ1v) is 8.30. The lowest BCUT2D eigenvalue weighted by atomic mass is 10.1. The molecule has 132 valence electrons. The predicted molar refractivity (Wildman–Crippen MR) is 102 cm³/mol. The number of nitrogens with one attached hydrogen (secondary N) is 3. The van der Waals surface area contributed by atoms with Crippen LogP contribution >= 0.6 is 23.8 Å². The number of furan rings is 1. The van der Waals surface area contributed by atoms with Crippen LogP contribution in [-0.2, 0) is 0 Å². The molecule has 0 aliphatic rings. The summed E-state index contributed by atoms with van der Waals surface area (Å²) in [5.41, 5.74) is 5.81. The summed E-state index contributed by atoms with van der Waals surface area (Å²) in [6, 6.07) is 16.1. The lowest BCUT2D eigenvalue weighted by Gasteiger charge is -2.11. The third-order valence-electron chi connectivity index (χ3n) is 3.38. The quantitative estimate of drug-likeness (QED) is 0.458. The van der Waals surface area contributed by atoms with Gasteiger partial charge in [-0.2, -0.15) is 0 Å². The number of hydrogen-bond acceptors (Lipinski definition) is 3. The minimum absolute atomic E-state index is 0.0105. The number of anilines is 1. The van der Waals surface area contributed by atoms with Gasteiger partial charge in [0, 0.05) is 0 Å². The molecule has 5 nitrogen and oxygen atoms in total. The van der Waals surface area contributed by atoms with Crippen molar-refractivity contribution < 1.29 is 13.6 Å². The molecule has 0 radical (unpaired) electrons. The fourth-order valence-electron chi connectivity index (χ4n) is 2.16. The average molecular weight is 390 g/mol. The smallest absolute Gasteiger partial charge is 0.305 e. The molecule has 3 N–H and O–H groups in total. The highest BCUT2D eigenvalue weighted by molar-refractivity contribution is 7.80. The highest BCUT2D eigenvalue weighted by Crippen LogP contribution is 2.24. The van der Waals surface area contributed by atoms with Gasteiger partial charge in [-0.15, -0.1) is 0 Å². The second-order valence-electron chi connectivity index (χ2n) is 5.16. The van der Waals surface area contributed by atoms with Gasteiger partial charge in [-0.1, -0.05) is 35.9 Å². The van der Waals surface area contributed by atoms with Crippen LogP contribution in [0.1, 0.15) is 10.6 Å². The number of para-hydroxylation sites is 1. The fraction of sp³-hybridized carbons (Fsp3) is 0. The molecule has 1 heterocycles. The van der Waals surface area contributed by atoms with E-state index in [0.29, 0.717) is 10.7 Å². The summed E-state index contributed by atoms with van der Waals surface area (Å²) in [4.78, 5) is 12.1. The van der Waals surface area contributed by atoms with Crippen molar-refractivity contribution in [2.75, 3.05) is 5.32 Å². The van der Waals surface area contributed by atoms with E-state index < -0.39 is 11.7 Å². The Hall–Kier alpha value is -2.90. The molecule has 1 amide bonds. The number of hydrogen-bond donors (Lipinski definition) is 3. The Morgan fingerprint density at radius 2 is 1.73 bits per heavy atom. The Balaban J connectivity index is 1.60. The first-order chi connectivity index (χ1) is 12.5. The van der Waals surface area contributed by atoms with Gasteiger partial charge < -0.3 is 9.73 Å². The molecule has 0 fully saturated rings. The molecule has 1 aromatic heterocycles. The summed E-state index contributed by atoms with van der Waals surface area (Å²) >= 11 is 11.1. The van der Waals surface area contributed by atoms with Crippen molar-refractivity contribution in [1.82, 2.24) is 10.9 Å². The van der Waals surface area contributed by atoms with E-state index >= 15 is 0 Å². The Morgan fingerprint density at radius 1 is 1.00 bits per heavy atom. The van der Waals surface area contributed by atoms with Gasteiger partial charge in [0.05, 0.1) is 16.3 Å². The van der Waals surface area contributed by atoms with E-state index in [1.54, 1.807) is 42.5 Å². The Kier molecular flexibility index (Phi) is 5.50. The van der Waals surface area contributed by atoms with Crippen molar-refractivity contribution >= 4 is 40.5 Å². The summed E-state index contributed by atoms with van der Waals surface area (Å²) < 4.78 is 19.2. The summed E-state index contributed by atoms with van der Waals surface area (Å²) in [6.07, 6.45) is 0. The maximum Gasteiger partial charge on any atom is 0.305 e. The first-order valence-electron chi connectivity index (χ1n) is 7.51. The Bertz CT molecular complexity index is 961. The SMILES string of the molecule is O=C(NNC(=S)Nc1ccccc1Cl)c1ccc(-c2ccccc2F)o1. The number of amides is 1. The van der Waals surface area contributed by atoms with Crippen LogP contribution in [0, 0.1) is 5.82 Å². The maximum absolute atomic E-state index is 13.8. The van der Waals surface area contributed by atoms with Crippen LogP contribution in [-0.4, -0.2) is 11.0 Å². The number of hydrazine groups is 1. The van der Waals surface area contributed by atoms with Gasteiger partial charge in [0.15, 0.2) is 10.9 Å². The Morgan fingerprint density at radius 3 is 2.50 bits per heavy atom. The van der Waals surface area contributed by atoms with Gasteiger partial charge >= 0.3 is 5.91 Å². The largest absolute Gasteiger partial charge is 0.451 e. The minimum Gasteiger partial charge on any atom is -0.451 e. The van der Waals surface area contributed by atoms with Gasteiger partial charge in [0.25, 0.3) is 0 Å². The van der Waals surface area contributed by atoms with E-state index in [9.17, 15) is 9.18 Å². The van der Waals surface area contributed by atoms with Crippen LogP contribution in [0.25, 0.3) is 11.3 Å². The second kappa shape index (κ2) is 7.99. The third kappa shape index (κ3) is 4.19. The van der Waals surface area contributed by atoms with E-state index in [1.807, 2.05) is 0 Å². The number of carbonyl (C=O) groups is 1. The van der Waals surface area contributed by atoms with Crippen LogP contribution in [0.3, 0.4) is 0 Å². The lowest BCUT2D eigenvalue weighted by molar-refractivity contribution is 0.0917. The molecule has 26 heavy (non-hydrogen) atoms. The molecule has 3 rings (SSSR count). The maximum atomic E-state index is 13.8. The average Bonchev–Trinajstić information content (AvgIpc) is 3.12. The van der Waals surface area contributed by atoms with Crippen LogP contribution in [0.2, 0.25) is 5.02 Å². The minimum atomic E-state index is -0.559. The van der Waals surface area contributed by atoms with Crippen molar-refractivity contribution in [3.63, 3.8) is 0 Å². The van der Waals surface area contributed by atoms with Crippen molar-refractivity contribution in [1.29, 1.82) is 0 Å². The van der Waals surface area contributed by atoms with E-state index in [1.165, 1.54) is 18.2 Å². The van der Waals surface area contributed by atoms with Gasteiger partial charge in [-0.3, -0.25) is 15.6 Å². The van der Waals surface area contributed by atoms with E-state index in [-0.39, 0.29) is 22.2 Å². The zero-order chi connectivity index (χ0) is 18.5. The fourth-order valence-corrected chi connectivity index (χ4v) is 2.50. The Labute approximate surface area is 159 Å². The molecule has 8 heteroatoms. The molecular formula is C18H13ClFN3O2S. The predicted octanol–water partition coefficient (Wildman–Crippen LogP) is 4.37. The van der Waals surface area contributed by atoms with Crippen molar-refractivity contribution in [2.45, 2.75) is 0 Å². The first kappa shape index (κ1) is 17.9. The van der Waals surface area contributed by atoms with E-state index in [0.717, 1.165) is 0 Å². The third-order valence-corrected chi connectivity index (χ3v) is 3.91. The monoisotopic (exact) mass is 389 g/mol. The zero-order valence-corrected chi connectivity index (χ0v) is 14.8. The summed E-state index contributed by atoms with van der Waals surface area (Å²) in [5, 5.41) is 3.48. The normalized spacial score (nSPS) is 10.2. The summed E-state index contributed by atoms with van der Waals surface area (Å²) in [5.74, 6) is -0.728. The topological polar surface area (TPSA) is 66.3 Å². The van der Waals surface area contributed by atoms with Crippen molar-refractivity contribution in [3.8, 4) is 11.3 Å². The molecule has 3 aromatic rings. The molecular weight excluding hydrogens is 377 g/mol. The molecule has 0 bridgehead atoms. The molecule has 0 unspecified atom stereocenters. The van der Waals surface area contributed by atoms with Crippen LogP contribution in [0.4, 0.5) is 10.1 Å². The van der Waals surface area contributed by atoms with Crippen LogP contribution < -0.4 is 16.2 Å². The molecule has 0 aliphatic carbocycles.